The van der Waals surface area contributed by atoms with Crippen LogP contribution in [0.4, 0.5) is 4.39 Å². The molecule has 2 rings (SSSR count). The van der Waals surface area contributed by atoms with Crippen LogP contribution in [-0.2, 0) is 21.9 Å². The Morgan fingerprint density at radius 2 is 1.84 bits per heavy atom. The maximum absolute atomic E-state index is 14.0. The first kappa shape index (κ1) is 25.2. The highest BCUT2D eigenvalue weighted by molar-refractivity contribution is 7.99. The second kappa shape index (κ2) is 12.1. The Morgan fingerprint density at radius 1 is 1.16 bits per heavy atom. The number of nitrogens with zero attached hydrogens (tertiary/aromatic N) is 1. The van der Waals surface area contributed by atoms with Crippen LogP contribution in [-0.4, -0.2) is 34.6 Å². The zero-order valence-electron chi connectivity index (χ0n) is 18.5. The van der Waals surface area contributed by atoms with E-state index in [-0.39, 0.29) is 35.2 Å². The molecule has 1 N–H and O–H groups in total. The molecule has 0 aliphatic heterocycles. The van der Waals surface area contributed by atoms with E-state index in [9.17, 15) is 14.0 Å². The van der Waals surface area contributed by atoms with Gasteiger partial charge in [0.15, 0.2) is 0 Å². The molecule has 0 aromatic heterocycles. The van der Waals surface area contributed by atoms with Crippen molar-refractivity contribution in [3.8, 4) is 0 Å². The number of carbonyl (C=O) groups excluding carboxylic acids is 2. The molecule has 2 aromatic rings. The van der Waals surface area contributed by atoms with Gasteiger partial charge in [0.1, 0.15) is 11.9 Å². The summed E-state index contributed by atoms with van der Waals surface area (Å²) in [4.78, 5) is 27.6. The molecule has 2 aromatic carbocycles. The summed E-state index contributed by atoms with van der Waals surface area (Å²) in [6.45, 7) is 8.02. The number of rotatable bonds is 10. The maximum Gasteiger partial charge on any atom is 0.243 e. The Kier molecular flexibility index (Phi) is 9.85. The van der Waals surface area contributed by atoms with Gasteiger partial charge in [0.2, 0.25) is 11.8 Å². The van der Waals surface area contributed by atoms with E-state index in [0.717, 1.165) is 11.1 Å². The molecule has 0 aliphatic rings. The third kappa shape index (κ3) is 7.54. The zero-order valence-corrected chi connectivity index (χ0v) is 20.0. The third-order valence-electron chi connectivity index (χ3n) is 4.82. The highest BCUT2D eigenvalue weighted by Gasteiger charge is 2.28. The number of amides is 2. The smallest absolute Gasteiger partial charge is 0.243 e. The fourth-order valence-corrected chi connectivity index (χ4v) is 4.43. The van der Waals surface area contributed by atoms with Crippen molar-refractivity contribution < 1.29 is 14.0 Å². The molecule has 0 fully saturated rings. The average molecular weight is 465 g/mol. The number of carbonyl (C=O) groups is 2. The van der Waals surface area contributed by atoms with E-state index in [2.05, 4.69) is 5.32 Å². The molecule has 0 spiro atoms. The summed E-state index contributed by atoms with van der Waals surface area (Å²) in [7, 11) is 0. The molecular weight excluding hydrogens is 435 g/mol. The van der Waals surface area contributed by atoms with Crippen LogP contribution < -0.4 is 5.32 Å². The quantitative estimate of drug-likeness (QED) is 0.515. The van der Waals surface area contributed by atoms with E-state index in [1.54, 1.807) is 17.0 Å². The van der Waals surface area contributed by atoms with Crippen molar-refractivity contribution in [2.45, 2.75) is 58.5 Å². The van der Waals surface area contributed by atoms with Gasteiger partial charge in [-0.25, -0.2) is 4.39 Å². The van der Waals surface area contributed by atoms with E-state index in [1.165, 1.54) is 17.8 Å². The van der Waals surface area contributed by atoms with Crippen molar-refractivity contribution in [1.82, 2.24) is 10.2 Å². The first-order chi connectivity index (χ1) is 14.7. The summed E-state index contributed by atoms with van der Waals surface area (Å²) in [6.07, 6.45) is 0.500. The molecule has 0 saturated carbocycles. The van der Waals surface area contributed by atoms with Gasteiger partial charge in [-0.05, 0) is 44.9 Å². The van der Waals surface area contributed by atoms with Crippen molar-refractivity contribution in [1.29, 1.82) is 0 Å². The first-order valence-electron chi connectivity index (χ1n) is 10.4. The maximum atomic E-state index is 14.0. The zero-order chi connectivity index (χ0) is 23.0. The largest absolute Gasteiger partial charge is 0.352 e. The number of halogens is 2. The van der Waals surface area contributed by atoms with Crippen LogP contribution in [0.3, 0.4) is 0 Å². The number of hydrogen-bond donors (Lipinski definition) is 1. The van der Waals surface area contributed by atoms with Crippen LogP contribution in [0.5, 0.6) is 0 Å². The third-order valence-corrected chi connectivity index (χ3v) is 6.12. The van der Waals surface area contributed by atoms with Gasteiger partial charge in [-0.15, -0.1) is 11.8 Å². The van der Waals surface area contributed by atoms with Gasteiger partial charge in [0, 0.05) is 28.9 Å². The Morgan fingerprint density at radius 3 is 2.42 bits per heavy atom. The van der Waals surface area contributed by atoms with Crippen LogP contribution in [0.25, 0.3) is 0 Å². The predicted octanol–water partition coefficient (Wildman–Crippen LogP) is 5.35. The van der Waals surface area contributed by atoms with Gasteiger partial charge in [-0.2, -0.15) is 0 Å². The van der Waals surface area contributed by atoms with E-state index in [0.29, 0.717) is 23.6 Å². The lowest BCUT2D eigenvalue weighted by molar-refractivity contribution is -0.139. The van der Waals surface area contributed by atoms with E-state index >= 15 is 0 Å². The molecule has 0 saturated heterocycles. The van der Waals surface area contributed by atoms with E-state index < -0.39 is 6.04 Å². The average Bonchev–Trinajstić information content (AvgIpc) is 2.70. The van der Waals surface area contributed by atoms with Crippen molar-refractivity contribution in [3.05, 3.63) is 70.0 Å². The standard InChI is InChI=1S/C24H30ClFN2O2S/c1-5-22(24(30)27-16(2)3)28(13-18-11-9-17(4)10-12-18)23(29)15-31-14-19-20(25)7-6-8-21(19)26/h6-12,16,22H,5,13-15H2,1-4H3,(H,27,30)/t22-/m1/s1. The molecule has 1 atom stereocenters. The van der Waals surface area contributed by atoms with E-state index in [4.69, 9.17) is 11.6 Å². The molecule has 4 nitrogen and oxygen atoms in total. The van der Waals surface area contributed by atoms with Gasteiger partial charge in [0.05, 0.1) is 5.75 Å². The van der Waals surface area contributed by atoms with Gasteiger partial charge in [0.25, 0.3) is 0 Å². The number of hydrogen-bond acceptors (Lipinski definition) is 3. The lowest BCUT2D eigenvalue weighted by Crippen LogP contribution is -2.50. The number of nitrogens with one attached hydrogen (secondary N) is 1. The molecule has 0 radical (unpaired) electrons. The summed E-state index contributed by atoms with van der Waals surface area (Å²) >= 11 is 7.38. The van der Waals surface area contributed by atoms with Crippen LogP contribution in [0.2, 0.25) is 5.02 Å². The fourth-order valence-electron chi connectivity index (χ4n) is 3.18. The number of benzene rings is 2. The van der Waals surface area contributed by atoms with Gasteiger partial charge < -0.3 is 10.2 Å². The first-order valence-corrected chi connectivity index (χ1v) is 11.9. The summed E-state index contributed by atoms with van der Waals surface area (Å²) in [5, 5.41) is 3.26. The minimum Gasteiger partial charge on any atom is -0.352 e. The second-order valence-electron chi connectivity index (χ2n) is 7.79. The van der Waals surface area contributed by atoms with Gasteiger partial charge in [-0.1, -0.05) is 54.4 Å². The van der Waals surface area contributed by atoms with Crippen LogP contribution in [0.1, 0.15) is 43.9 Å². The highest BCUT2D eigenvalue weighted by atomic mass is 35.5. The van der Waals surface area contributed by atoms with E-state index in [1.807, 2.05) is 52.0 Å². The Hall–Kier alpha value is -2.05. The molecule has 0 unspecified atom stereocenters. The normalized spacial score (nSPS) is 12.0. The van der Waals surface area contributed by atoms with Gasteiger partial charge in [-0.3, -0.25) is 9.59 Å². The number of thioether (sulfide) groups is 1. The van der Waals surface area contributed by atoms with Crippen LogP contribution in [0.15, 0.2) is 42.5 Å². The minimum absolute atomic E-state index is 0.0181. The number of aryl methyl sites for hydroxylation is 1. The molecule has 7 heteroatoms. The second-order valence-corrected chi connectivity index (χ2v) is 9.18. The lowest BCUT2D eigenvalue weighted by Gasteiger charge is -2.31. The van der Waals surface area contributed by atoms with Crippen LogP contribution in [0, 0.1) is 12.7 Å². The van der Waals surface area contributed by atoms with Crippen molar-refractivity contribution >= 4 is 35.2 Å². The topological polar surface area (TPSA) is 49.4 Å². The molecule has 0 bridgehead atoms. The predicted molar refractivity (Wildman–Crippen MR) is 127 cm³/mol. The summed E-state index contributed by atoms with van der Waals surface area (Å²) in [5.74, 6) is -0.303. The van der Waals surface area contributed by atoms with Crippen molar-refractivity contribution in [2.75, 3.05) is 5.75 Å². The lowest BCUT2D eigenvalue weighted by atomic mass is 10.1. The minimum atomic E-state index is -0.575. The molecule has 31 heavy (non-hydrogen) atoms. The Bertz CT molecular complexity index is 869. The van der Waals surface area contributed by atoms with Gasteiger partial charge >= 0.3 is 0 Å². The molecule has 168 valence electrons. The Balaban J connectivity index is 2.16. The fraction of sp³-hybridized carbons (Fsp3) is 0.417. The highest BCUT2D eigenvalue weighted by Crippen LogP contribution is 2.24. The van der Waals surface area contributed by atoms with Crippen LogP contribution >= 0.6 is 23.4 Å². The summed E-state index contributed by atoms with van der Waals surface area (Å²) < 4.78 is 14.0. The molecule has 0 heterocycles. The monoisotopic (exact) mass is 464 g/mol. The van der Waals surface area contributed by atoms with Crippen molar-refractivity contribution in [2.24, 2.45) is 0 Å². The summed E-state index contributed by atoms with van der Waals surface area (Å²) in [5.41, 5.74) is 2.47. The Labute approximate surface area is 193 Å². The SMILES string of the molecule is CC[C@H](C(=O)NC(C)C)N(Cc1ccc(C)cc1)C(=O)CSCc1c(F)cccc1Cl. The van der Waals surface area contributed by atoms with Crippen molar-refractivity contribution in [3.63, 3.8) is 0 Å². The molecular formula is C24H30ClFN2O2S. The summed E-state index contributed by atoms with van der Waals surface area (Å²) in [6, 6.07) is 11.9. The molecule has 2 amide bonds. The molecule has 0 aliphatic carbocycles.